The van der Waals surface area contributed by atoms with Gasteiger partial charge in [-0.25, -0.2) is 0 Å². The number of likely N-dealkylation sites (N-methyl/N-ethyl adjacent to an activating group) is 1. The average molecular weight is 334 g/mol. The number of likely N-dealkylation sites (tertiary alicyclic amines) is 1. The smallest absolute Gasteiger partial charge is 0.306 e. The molecule has 0 radical (unpaired) electrons. The Hall–Kier alpha value is -1.59. The fraction of sp³-hybridized carbons (Fsp3) is 0.632. The molecule has 0 saturated carbocycles. The lowest BCUT2D eigenvalue weighted by Crippen LogP contribution is -2.35. The minimum Gasteiger partial charge on any atom is -0.492 e. The summed E-state index contributed by atoms with van der Waals surface area (Å²) in [5.74, 6) is 0.0965. The van der Waals surface area contributed by atoms with Crippen LogP contribution in [-0.2, 0) is 11.3 Å². The molecule has 1 aliphatic heterocycles. The van der Waals surface area contributed by atoms with E-state index < -0.39 is 5.97 Å². The quantitative estimate of drug-likeness (QED) is 0.752. The van der Waals surface area contributed by atoms with Gasteiger partial charge in [0.15, 0.2) is 0 Å². The Balaban J connectivity index is 1.73. The number of piperidine rings is 1. The van der Waals surface area contributed by atoms with Crippen molar-refractivity contribution in [1.29, 1.82) is 0 Å². The highest BCUT2D eigenvalue weighted by atomic mass is 16.5. The highest BCUT2D eigenvalue weighted by Gasteiger charge is 2.24. The third-order valence-corrected chi connectivity index (χ3v) is 4.84. The molecule has 134 valence electrons. The molecule has 1 aromatic carbocycles. The van der Waals surface area contributed by atoms with E-state index in [2.05, 4.69) is 35.8 Å². The Labute approximate surface area is 145 Å². The molecule has 1 aromatic rings. The van der Waals surface area contributed by atoms with Crippen LogP contribution in [0.3, 0.4) is 0 Å². The molecule has 1 heterocycles. The number of carbonyl (C=O) groups is 1. The van der Waals surface area contributed by atoms with Crippen molar-refractivity contribution in [2.75, 3.05) is 39.3 Å². The molecule has 24 heavy (non-hydrogen) atoms. The third kappa shape index (κ3) is 5.80. The van der Waals surface area contributed by atoms with Gasteiger partial charge in [0.05, 0.1) is 5.92 Å². The number of nitrogens with zero attached hydrogens (tertiary/aromatic N) is 2. The molecule has 0 aliphatic carbocycles. The van der Waals surface area contributed by atoms with Gasteiger partial charge in [0.1, 0.15) is 12.4 Å². The monoisotopic (exact) mass is 334 g/mol. The molecule has 1 aliphatic rings. The molecule has 0 amide bonds. The maximum Gasteiger partial charge on any atom is 0.306 e. The van der Waals surface area contributed by atoms with Crippen molar-refractivity contribution < 1.29 is 14.6 Å². The predicted octanol–water partition coefficient (Wildman–Crippen LogP) is 2.70. The fourth-order valence-corrected chi connectivity index (χ4v) is 3.12. The van der Waals surface area contributed by atoms with Crippen LogP contribution in [-0.4, -0.2) is 60.2 Å². The second kappa shape index (κ2) is 9.64. The number of aliphatic carboxylic acids is 1. The number of carboxylic acid groups (broad SMARTS) is 1. The van der Waals surface area contributed by atoms with Gasteiger partial charge < -0.3 is 14.7 Å². The van der Waals surface area contributed by atoms with Gasteiger partial charge in [-0.15, -0.1) is 0 Å². The summed E-state index contributed by atoms with van der Waals surface area (Å²) in [6, 6.07) is 8.27. The Bertz CT molecular complexity index is 492. The van der Waals surface area contributed by atoms with Crippen LogP contribution in [0.5, 0.6) is 5.75 Å². The molecule has 1 fully saturated rings. The van der Waals surface area contributed by atoms with Crippen molar-refractivity contribution in [2.24, 2.45) is 5.92 Å². The summed E-state index contributed by atoms with van der Waals surface area (Å²) in [6.07, 6.45) is 1.50. The molecule has 0 spiro atoms. The standard InChI is InChI=1S/C19H30N2O3/c1-3-20(4-2)13-14-24-18-7-5-16(6-8-18)15-21-11-9-17(10-12-21)19(22)23/h5-8,17H,3-4,9-15H2,1-2H3,(H,22,23). The van der Waals surface area contributed by atoms with E-state index in [4.69, 9.17) is 9.84 Å². The van der Waals surface area contributed by atoms with Crippen LogP contribution in [0.25, 0.3) is 0 Å². The van der Waals surface area contributed by atoms with Crippen molar-refractivity contribution in [2.45, 2.75) is 33.2 Å². The van der Waals surface area contributed by atoms with Gasteiger partial charge in [-0.3, -0.25) is 9.69 Å². The normalized spacial score (nSPS) is 16.5. The van der Waals surface area contributed by atoms with E-state index in [-0.39, 0.29) is 5.92 Å². The number of hydrogen-bond acceptors (Lipinski definition) is 4. The topological polar surface area (TPSA) is 53.0 Å². The van der Waals surface area contributed by atoms with Gasteiger partial charge >= 0.3 is 5.97 Å². The second-order valence-corrected chi connectivity index (χ2v) is 6.41. The number of carboxylic acids is 1. The van der Waals surface area contributed by atoms with Gasteiger partial charge in [0, 0.05) is 13.1 Å². The van der Waals surface area contributed by atoms with E-state index >= 15 is 0 Å². The molecule has 0 aromatic heterocycles. The van der Waals surface area contributed by atoms with E-state index in [0.717, 1.165) is 57.9 Å². The first kappa shape index (κ1) is 18.7. The summed E-state index contributed by atoms with van der Waals surface area (Å²) >= 11 is 0. The van der Waals surface area contributed by atoms with Gasteiger partial charge in [-0.05, 0) is 56.7 Å². The lowest BCUT2D eigenvalue weighted by molar-refractivity contribution is -0.143. The van der Waals surface area contributed by atoms with Crippen molar-refractivity contribution in [3.8, 4) is 5.75 Å². The highest BCUT2D eigenvalue weighted by molar-refractivity contribution is 5.70. The summed E-state index contributed by atoms with van der Waals surface area (Å²) in [7, 11) is 0. The van der Waals surface area contributed by atoms with Gasteiger partial charge in [-0.2, -0.15) is 0 Å². The molecular weight excluding hydrogens is 304 g/mol. The maximum absolute atomic E-state index is 11.0. The average Bonchev–Trinajstić information content (AvgIpc) is 2.60. The van der Waals surface area contributed by atoms with Crippen LogP contribution >= 0.6 is 0 Å². The van der Waals surface area contributed by atoms with Gasteiger partial charge in [-0.1, -0.05) is 26.0 Å². The first-order valence-corrected chi connectivity index (χ1v) is 9.01. The Kier molecular flexibility index (Phi) is 7.53. The number of rotatable bonds is 9. The summed E-state index contributed by atoms with van der Waals surface area (Å²) in [4.78, 5) is 15.7. The molecule has 0 unspecified atom stereocenters. The van der Waals surface area contributed by atoms with Crippen LogP contribution in [0.2, 0.25) is 0 Å². The summed E-state index contributed by atoms with van der Waals surface area (Å²) in [5.41, 5.74) is 1.25. The summed E-state index contributed by atoms with van der Waals surface area (Å²) in [6.45, 7) is 10.7. The minimum absolute atomic E-state index is 0.164. The lowest BCUT2D eigenvalue weighted by atomic mass is 9.97. The van der Waals surface area contributed by atoms with Crippen LogP contribution in [0.15, 0.2) is 24.3 Å². The Morgan fingerprint density at radius 2 is 1.83 bits per heavy atom. The van der Waals surface area contributed by atoms with Crippen molar-refractivity contribution in [3.63, 3.8) is 0 Å². The van der Waals surface area contributed by atoms with Crippen LogP contribution < -0.4 is 4.74 Å². The van der Waals surface area contributed by atoms with E-state index in [1.807, 2.05) is 12.1 Å². The van der Waals surface area contributed by atoms with E-state index in [9.17, 15) is 4.79 Å². The SMILES string of the molecule is CCN(CC)CCOc1ccc(CN2CCC(C(=O)O)CC2)cc1. The molecule has 0 bridgehead atoms. The van der Waals surface area contributed by atoms with Crippen LogP contribution in [0.4, 0.5) is 0 Å². The minimum atomic E-state index is -0.652. The first-order chi connectivity index (χ1) is 11.6. The second-order valence-electron chi connectivity index (χ2n) is 6.41. The van der Waals surface area contributed by atoms with Gasteiger partial charge in [0.25, 0.3) is 0 Å². The van der Waals surface area contributed by atoms with E-state index in [0.29, 0.717) is 6.61 Å². The van der Waals surface area contributed by atoms with E-state index in [1.165, 1.54) is 5.56 Å². The highest BCUT2D eigenvalue weighted by Crippen LogP contribution is 2.20. The summed E-state index contributed by atoms with van der Waals surface area (Å²) in [5, 5.41) is 9.05. The largest absolute Gasteiger partial charge is 0.492 e. The van der Waals surface area contributed by atoms with Crippen LogP contribution in [0, 0.1) is 5.92 Å². The molecule has 1 N–H and O–H groups in total. The van der Waals surface area contributed by atoms with Crippen molar-refractivity contribution in [3.05, 3.63) is 29.8 Å². The molecule has 5 heteroatoms. The van der Waals surface area contributed by atoms with Gasteiger partial charge in [0.2, 0.25) is 0 Å². The molecule has 2 rings (SSSR count). The zero-order chi connectivity index (χ0) is 17.4. The number of hydrogen-bond donors (Lipinski definition) is 1. The van der Waals surface area contributed by atoms with Crippen molar-refractivity contribution >= 4 is 5.97 Å². The summed E-state index contributed by atoms with van der Waals surface area (Å²) < 4.78 is 5.81. The predicted molar refractivity (Wildman–Crippen MR) is 95.4 cm³/mol. The zero-order valence-electron chi connectivity index (χ0n) is 14.9. The third-order valence-electron chi connectivity index (χ3n) is 4.84. The fourth-order valence-electron chi connectivity index (χ4n) is 3.12. The Morgan fingerprint density at radius 3 is 2.38 bits per heavy atom. The Morgan fingerprint density at radius 1 is 1.21 bits per heavy atom. The zero-order valence-corrected chi connectivity index (χ0v) is 14.9. The lowest BCUT2D eigenvalue weighted by Gasteiger charge is -2.30. The van der Waals surface area contributed by atoms with Crippen LogP contribution in [0.1, 0.15) is 32.3 Å². The first-order valence-electron chi connectivity index (χ1n) is 9.01. The van der Waals surface area contributed by atoms with Crippen molar-refractivity contribution in [1.82, 2.24) is 9.80 Å². The number of ether oxygens (including phenoxy) is 1. The molecule has 5 nitrogen and oxygen atoms in total. The molecule has 1 saturated heterocycles. The van der Waals surface area contributed by atoms with E-state index in [1.54, 1.807) is 0 Å². The maximum atomic E-state index is 11.0. The number of benzene rings is 1. The molecule has 0 atom stereocenters. The molecular formula is C19H30N2O3.